The summed E-state index contributed by atoms with van der Waals surface area (Å²) < 4.78 is 1.06. The Morgan fingerprint density at radius 3 is 2.37 bits per heavy atom. The van der Waals surface area contributed by atoms with Gasteiger partial charge in [-0.25, -0.2) is 4.73 Å². The van der Waals surface area contributed by atoms with Crippen LogP contribution in [0.25, 0.3) is 0 Å². The van der Waals surface area contributed by atoms with Crippen LogP contribution in [0.15, 0.2) is 12.1 Å². The molecule has 4 heteroatoms. The topological polar surface area (TPSA) is 33.4 Å². The smallest absolute Gasteiger partial charge is 0.281 e. The van der Waals surface area contributed by atoms with Crippen LogP contribution in [-0.2, 0) is 0 Å². The Morgan fingerprint density at radius 1 is 1.16 bits per heavy atom. The SMILES string of the molecule is CCN(CC)c1cc(N2CCCCC2)cc(C)[n+]1[O-]. The lowest BCUT2D eigenvalue weighted by atomic mass is 10.1. The fraction of sp³-hybridized carbons (Fsp3) is 0.667. The Labute approximate surface area is 116 Å². The molecule has 0 atom stereocenters. The molecule has 0 saturated carbocycles. The molecule has 1 aliphatic rings. The summed E-state index contributed by atoms with van der Waals surface area (Å²) in [5.41, 5.74) is 1.98. The molecule has 1 aromatic rings. The second-order valence-corrected chi connectivity index (χ2v) is 5.23. The third-order valence-electron chi connectivity index (χ3n) is 3.97. The first kappa shape index (κ1) is 14.0. The van der Waals surface area contributed by atoms with Crippen LogP contribution in [-0.4, -0.2) is 26.2 Å². The highest BCUT2D eigenvalue weighted by Gasteiger charge is 2.19. The standard InChI is InChI=1S/C15H25N3O/c1-4-16(5-2)15-12-14(11-13(3)18(15)19)17-9-7-6-8-10-17/h11-12H,4-10H2,1-3H3. The van der Waals surface area contributed by atoms with Crippen LogP contribution in [0.2, 0.25) is 0 Å². The van der Waals surface area contributed by atoms with Crippen LogP contribution in [0.1, 0.15) is 38.8 Å². The summed E-state index contributed by atoms with van der Waals surface area (Å²) in [5, 5.41) is 12.2. The zero-order chi connectivity index (χ0) is 13.8. The summed E-state index contributed by atoms with van der Waals surface area (Å²) in [4.78, 5) is 4.52. The summed E-state index contributed by atoms with van der Waals surface area (Å²) in [6.07, 6.45) is 3.84. The van der Waals surface area contributed by atoms with E-state index in [1.54, 1.807) is 0 Å². The van der Waals surface area contributed by atoms with Crippen molar-refractivity contribution in [2.45, 2.75) is 40.0 Å². The van der Waals surface area contributed by atoms with Gasteiger partial charge in [-0.05, 0) is 40.0 Å². The van der Waals surface area contributed by atoms with Gasteiger partial charge in [0.2, 0.25) is 0 Å². The number of hydrogen-bond acceptors (Lipinski definition) is 3. The van der Waals surface area contributed by atoms with Gasteiger partial charge in [0.1, 0.15) is 5.69 Å². The zero-order valence-corrected chi connectivity index (χ0v) is 12.4. The first-order valence-electron chi connectivity index (χ1n) is 7.41. The quantitative estimate of drug-likeness (QED) is 0.618. The molecule has 0 aromatic carbocycles. The fourth-order valence-electron chi connectivity index (χ4n) is 2.79. The normalized spacial score (nSPS) is 15.6. The van der Waals surface area contributed by atoms with Gasteiger partial charge in [0.15, 0.2) is 0 Å². The van der Waals surface area contributed by atoms with Crippen molar-refractivity contribution in [3.63, 3.8) is 0 Å². The van der Waals surface area contributed by atoms with Gasteiger partial charge in [0.25, 0.3) is 5.82 Å². The van der Waals surface area contributed by atoms with E-state index in [9.17, 15) is 5.21 Å². The molecular formula is C15H25N3O. The number of anilines is 2. The number of nitrogens with zero attached hydrogens (tertiary/aromatic N) is 3. The molecule has 19 heavy (non-hydrogen) atoms. The first-order chi connectivity index (χ1) is 9.17. The van der Waals surface area contributed by atoms with Gasteiger partial charge < -0.3 is 10.1 Å². The van der Waals surface area contributed by atoms with E-state index in [1.807, 2.05) is 13.0 Å². The Kier molecular flexibility index (Phi) is 4.51. The van der Waals surface area contributed by atoms with Gasteiger partial charge in [-0.3, -0.25) is 4.90 Å². The minimum atomic E-state index is 0.782. The highest BCUT2D eigenvalue weighted by Crippen LogP contribution is 2.23. The Bertz CT molecular complexity index is 424. The summed E-state index contributed by atoms with van der Waals surface area (Å²) >= 11 is 0. The van der Waals surface area contributed by atoms with Crippen molar-refractivity contribution in [1.82, 2.24) is 0 Å². The van der Waals surface area contributed by atoms with E-state index in [-0.39, 0.29) is 0 Å². The Morgan fingerprint density at radius 2 is 1.79 bits per heavy atom. The van der Waals surface area contributed by atoms with Crippen molar-refractivity contribution in [1.29, 1.82) is 0 Å². The summed E-state index contributed by atoms with van der Waals surface area (Å²) in [6.45, 7) is 10.0. The molecule has 0 spiro atoms. The molecule has 0 aliphatic carbocycles. The molecule has 0 unspecified atom stereocenters. The molecular weight excluding hydrogens is 238 g/mol. The van der Waals surface area contributed by atoms with Crippen molar-refractivity contribution in [2.24, 2.45) is 0 Å². The Balaban J connectivity index is 2.34. The summed E-state index contributed by atoms with van der Waals surface area (Å²) in [6, 6.07) is 4.07. The van der Waals surface area contributed by atoms with Gasteiger partial charge in [-0.2, -0.15) is 0 Å². The van der Waals surface area contributed by atoms with E-state index in [0.717, 1.165) is 42.4 Å². The number of rotatable bonds is 4. The van der Waals surface area contributed by atoms with Crippen LogP contribution in [0.3, 0.4) is 0 Å². The zero-order valence-electron chi connectivity index (χ0n) is 12.4. The first-order valence-corrected chi connectivity index (χ1v) is 7.41. The molecule has 4 nitrogen and oxygen atoms in total. The molecule has 0 N–H and O–H groups in total. The van der Waals surface area contributed by atoms with E-state index < -0.39 is 0 Å². The van der Waals surface area contributed by atoms with E-state index in [2.05, 4.69) is 29.7 Å². The molecule has 0 amide bonds. The number of aromatic nitrogens is 1. The van der Waals surface area contributed by atoms with Crippen molar-refractivity contribution in [3.8, 4) is 0 Å². The highest BCUT2D eigenvalue weighted by atomic mass is 16.5. The lowest BCUT2D eigenvalue weighted by Crippen LogP contribution is -2.41. The van der Waals surface area contributed by atoms with Crippen LogP contribution in [0.4, 0.5) is 11.5 Å². The molecule has 0 radical (unpaired) electrons. The van der Waals surface area contributed by atoms with E-state index in [4.69, 9.17) is 0 Å². The van der Waals surface area contributed by atoms with Crippen LogP contribution in [0, 0.1) is 12.1 Å². The summed E-state index contributed by atoms with van der Waals surface area (Å²) in [7, 11) is 0. The van der Waals surface area contributed by atoms with Gasteiger partial charge in [0, 0.05) is 24.8 Å². The maximum atomic E-state index is 12.2. The number of pyridine rings is 1. The predicted octanol–water partition coefficient (Wildman–Crippen LogP) is 2.46. The van der Waals surface area contributed by atoms with Gasteiger partial charge in [0.05, 0.1) is 19.2 Å². The van der Waals surface area contributed by atoms with Crippen molar-refractivity contribution >= 4 is 11.5 Å². The Hall–Kier alpha value is -1.45. The minimum absolute atomic E-state index is 0.782. The largest absolute Gasteiger partial charge is 0.710 e. The fourth-order valence-corrected chi connectivity index (χ4v) is 2.79. The second kappa shape index (κ2) is 6.13. The monoisotopic (exact) mass is 263 g/mol. The predicted molar refractivity (Wildman–Crippen MR) is 79.8 cm³/mol. The van der Waals surface area contributed by atoms with Crippen LogP contribution >= 0.6 is 0 Å². The van der Waals surface area contributed by atoms with Gasteiger partial charge in [-0.15, -0.1) is 0 Å². The third-order valence-corrected chi connectivity index (χ3v) is 3.97. The molecule has 2 rings (SSSR count). The highest BCUT2D eigenvalue weighted by molar-refractivity contribution is 5.54. The average molecular weight is 263 g/mol. The molecule has 1 saturated heterocycles. The lowest BCUT2D eigenvalue weighted by molar-refractivity contribution is -0.599. The molecule has 0 bridgehead atoms. The molecule has 1 aliphatic heterocycles. The van der Waals surface area contributed by atoms with Crippen molar-refractivity contribution in [3.05, 3.63) is 23.0 Å². The molecule has 106 valence electrons. The second-order valence-electron chi connectivity index (χ2n) is 5.23. The molecule has 1 aromatic heterocycles. The number of aryl methyl sites for hydroxylation is 1. The van der Waals surface area contributed by atoms with Gasteiger partial charge in [-0.1, -0.05) is 0 Å². The van der Waals surface area contributed by atoms with Crippen molar-refractivity contribution in [2.75, 3.05) is 36.0 Å². The average Bonchev–Trinajstić information content (AvgIpc) is 2.45. The molecule has 2 heterocycles. The van der Waals surface area contributed by atoms with Gasteiger partial charge >= 0.3 is 0 Å². The lowest BCUT2D eigenvalue weighted by Gasteiger charge is -2.30. The van der Waals surface area contributed by atoms with Crippen LogP contribution in [0.5, 0.6) is 0 Å². The van der Waals surface area contributed by atoms with E-state index in [1.165, 1.54) is 24.9 Å². The minimum Gasteiger partial charge on any atom is -0.710 e. The van der Waals surface area contributed by atoms with Crippen molar-refractivity contribution < 1.29 is 4.73 Å². The number of piperidine rings is 1. The van der Waals surface area contributed by atoms with Crippen LogP contribution < -0.4 is 14.5 Å². The number of hydrogen-bond donors (Lipinski definition) is 0. The van der Waals surface area contributed by atoms with E-state index >= 15 is 0 Å². The summed E-state index contributed by atoms with van der Waals surface area (Å²) in [5.74, 6) is 0.783. The maximum Gasteiger partial charge on any atom is 0.281 e. The molecule has 1 fully saturated rings. The third kappa shape index (κ3) is 2.94. The maximum absolute atomic E-state index is 12.2. The van der Waals surface area contributed by atoms with E-state index in [0.29, 0.717) is 0 Å².